The summed E-state index contributed by atoms with van der Waals surface area (Å²) in [6.07, 6.45) is 2.45. The minimum atomic E-state index is 0.630. The summed E-state index contributed by atoms with van der Waals surface area (Å²) in [6.45, 7) is 11.2. The van der Waals surface area contributed by atoms with E-state index in [0.717, 1.165) is 31.2 Å². The average molecular weight is 390 g/mol. The number of likely N-dealkylation sites (N-methyl/N-ethyl adjacent to an activating group) is 1. The first-order valence-corrected chi connectivity index (χ1v) is 10.4. The Morgan fingerprint density at radius 1 is 1.00 bits per heavy atom. The summed E-state index contributed by atoms with van der Waals surface area (Å²) in [5, 5.41) is 4.83. The molecule has 2 saturated heterocycles. The molecule has 0 radical (unpaired) electrons. The maximum absolute atomic E-state index is 5.94. The van der Waals surface area contributed by atoms with E-state index in [-0.39, 0.29) is 0 Å². The van der Waals surface area contributed by atoms with Gasteiger partial charge in [-0.25, -0.2) is 0 Å². The lowest BCUT2D eigenvalue weighted by Crippen LogP contribution is -2.53. The third-order valence-corrected chi connectivity index (χ3v) is 6.11. The van der Waals surface area contributed by atoms with E-state index in [0.29, 0.717) is 16.7 Å². The maximum atomic E-state index is 5.94. The molecule has 0 spiro atoms. The van der Waals surface area contributed by atoms with Crippen LogP contribution >= 0.6 is 11.6 Å². The van der Waals surface area contributed by atoms with E-state index >= 15 is 0 Å². The molecule has 27 heavy (non-hydrogen) atoms. The molecule has 6 nitrogen and oxygen atoms in total. The Hall–Kier alpha value is -1.47. The highest BCUT2D eigenvalue weighted by Crippen LogP contribution is 2.22. The number of halogens is 1. The van der Waals surface area contributed by atoms with Crippen molar-refractivity contribution in [2.24, 2.45) is 0 Å². The van der Waals surface area contributed by atoms with Gasteiger partial charge in [-0.15, -0.1) is 0 Å². The zero-order valence-electron chi connectivity index (χ0n) is 16.0. The molecule has 2 aromatic rings. The molecule has 2 fully saturated rings. The van der Waals surface area contributed by atoms with Gasteiger partial charge in [0.05, 0.1) is 6.54 Å². The second-order valence-corrected chi connectivity index (χ2v) is 7.93. The van der Waals surface area contributed by atoms with Gasteiger partial charge in [0.15, 0.2) is 0 Å². The molecule has 1 aromatic carbocycles. The van der Waals surface area contributed by atoms with Crippen molar-refractivity contribution >= 4 is 11.6 Å². The van der Waals surface area contributed by atoms with Crippen LogP contribution in [0.25, 0.3) is 11.4 Å². The lowest BCUT2D eigenvalue weighted by molar-refractivity contribution is 0.0567. The molecule has 2 aliphatic rings. The topological polar surface area (TPSA) is 48.6 Å². The molecule has 2 aliphatic heterocycles. The van der Waals surface area contributed by atoms with Crippen molar-refractivity contribution in [3.63, 3.8) is 0 Å². The number of hydrogen-bond acceptors (Lipinski definition) is 6. The van der Waals surface area contributed by atoms with Gasteiger partial charge in [-0.05, 0) is 43.7 Å². The number of piperidine rings is 1. The largest absolute Gasteiger partial charge is 0.338 e. The van der Waals surface area contributed by atoms with Crippen LogP contribution in [0.15, 0.2) is 28.8 Å². The predicted octanol–water partition coefficient (Wildman–Crippen LogP) is 2.99. The van der Waals surface area contributed by atoms with Crippen molar-refractivity contribution in [1.29, 1.82) is 0 Å². The quantitative estimate of drug-likeness (QED) is 0.783. The highest BCUT2D eigenvalue weighted by atomic mass is 35.5. The maximum Gasteiger partial charge on any atom is 0.241 e. The van der Waals surface area contributed by atoms with Gasteiger partial charge in [-0.1, -0.05) is 23.7 Å². The Morgan fingerprint density at radius 3 is 2.37 bits per heavy atom. The lowest BCUT2D eigenvalue weighted by atomic mass is 10.0. The molecule has 0 bridgehead atoms. The summed E-state index contributed by atoms with van der Waals surface area (Å²) in [4.78, 5) is 12.2. The van der Waals surface area contributed by atoms with E-state index in [2.05, 4.69) is 31.8 Å². The molecule has 0 N–H and O–H groups in total. The van der Waals surface area contributed by atoms with Crippen LogP contribution in [0.1, 0.15) is 25.7 Å². The highest BCUT2D eigenvalue weighted by molar-refractivity contribution is 6.30. The van der Waals surface area contributed by atoms with Crippen LogP contribution < -0.4 is 0 Å². The summed E-state index contributed by atoms with van der Waals surface area (Å²) in [6, 6.07) is 8.25. The van der Waals surface area contributed by atoms with Gasteiger partial charge in [0.1, 0.15) is 0 Å². The third-order valence-electron chi connectivity index (χ3n) is 5.86. The fourth-order valence-electron chi connectivity index (χ4n) is 4.11. The molecule has 0 aliphatic carbocycles. The molecular weight excluding hydrogens is 362 g/mol. The number of likely N-dealkylation sites (tertiary alicyclic amines) is 1. The summed E-state index contributed by atoms with van der Waals surface area (Å²) >= 11 is 5.94. The van der Waals surface area contributed by atoms with Crippen LogP contribution in [0.3, 0.4) is 0 Å². The molecule has 146 valence electrons. The average Bonchev–Trinajstić information content (AvgIpc) is 3.18. The Labute approximate surface area is 166 Å². The van der Waals surface area contributed by atoms with Gasteiger partial charge in [-0.2, -0.15) is 4.98 Å². The van der Waals surface area contributed by atoms with Crippen molar-refractivity contribution in [1.82, 2.24) is 24.8 Å². The zero-order valence-corrected chi connectivity index (χ0v) is 16.7. The number of nitrogens with zero attached hydrogens (tertiary/aromatic N) is 5. The van der Waals surface area contributed by atoms with E-state index < -0.39 is 0 Å². The van der Waals surface area contributed by atoms with E-state index in [1.807, 2.05) is 24.3 Å². The number of benzene rings is 1. The van der Waals surface area contributed by atoms with E-state index in [1.165, 1.54) is 45.6 Å². The van der Waals surface area contributed by atoms with Gasteiger partial charge in [0.2, 0.25) is 11.7 Å². The molecule has 7 heteroatoms. The minimum Gasteiger partial charge on any atom is -0.338 e. The first kappa shape index (κ1) is 18.9. The Balaban J connectivity index is 1.27. The summed E-state index contributed by atoms with van der Waals surface area (Å²) in [5.41, 5.74) is 0.930. The zero-order chi connectivity index (χ0) is 18.6. The minimum absolute atomic E-state index is 0.630. The van der Waals surface area contributed by atoms with Crippen LogP contribution in [0.4, 0.5) is 0 Å². The van der Waals surface area contributed by atoms with Crippen molar-refractivity contribution < 1.29 is 4.52 Å². The fraction of sp³-hybridized carbons (Fsp3) is 0.600. The van der Waals surface area contributed by atoms with Crippen molar-refractivity contribution in [2.75, 3.05) is 45.8 Å². The summed E-state index contributed by atoms with van der Waals surface area (Å²) < 4.78 is 5.47. The molecule has 1 aromatic heterocycles. The predicted molar refractivity (Wildman–Crippen MR) is 107 cm³/mol. The lowest BCUT2D eigenvalue weighted by Gasteiger charge is -2.42. The van der Waals surface area contributed by atoms with Crippen LogP contribution in [-0.4, -0.2) is 76.7 Å². The molecule has 0 unspecified atom stereocenters. The Bertz CT molecular complexity index is 718. The number of hydrogen-bond donors (Lipinski definition) is 0. The second kappa shape index (κ2) is 8.69. The van der Waals surface area contributed by atoms with Crippen LogP contribution in [0, 0.1) is 0 Å². The van der Waals surface area contributed by atoms with E-state index in [4.69, 9.17) is 16.1 Å². The molecule has 4 rings (SSSR count). The van der Waals surface area contributed by atoms with Crippen LogP contribution in [0.2, 0.25) is 5.02 Å². The summed E-state index contributed by atoms with van der Waals surface area (Å²) in [7, 11) is 0. The van der Waals surface area contributed by atoms with Crippen molar-refractivity contribution in [3.8, 4) is 11.4 Å². The fourth-order valence-corrected chi connectivity index (χ4v) is 4.24. The Morgan fingerprint density at radius 2 is 1.70 bits per heavy atom. The van der Waals surface area contributed by atoms with Crippen molar-refractivity contribution in [2.45, 2.75) is 32.4 Å². The van der Waals surface area contributed by atoms with Gasteiger partial charge < -0.3 is 9.42 Å². The summed E-state index contributed by atoms with van der Waals surface area (Å²) in [5.74, 6) is 1.32. The first-order chi connectivity index (χ1) is 13.2. The first-order valence-electron chi connectivity index (χ1n) is 9.98. The van der Waals surface area contributed by atoms with Crippen LogP contribution in [0.5, 0.6) is 0 Å². The standard InChI is InChI=1S/C20H28ClN5O/c1-2-24-11-13-26(14-12-24)18-7-9-25(10-8-18)15-19-22-20(23-27-19)16-3-5-17(21)6-4-16/h3-6,18H,2,7-15H2,1H3. The molecular formula is C20H28ClN5O. The molecule has 0 saturated carbocycles. The second-order valence-electron chi connectivity index (χ2n) is 7.50. The van der Waals surface area contributed by atoms with E-state index in [1.54, 1.807) is 0 Å². The van der Waals surface area contributed by atoms with Gasteiger partial charge in [-0.3, -0.25) is 9.80 Å². The number of aromatic nitrogens is 2. The van der Waals surface area contributed by atoms with Gasteiger partial charge >= 0.3 is 0 Å². The number of rotatable bonds is 5. The monoisotopic (exact) mass is 389 g/mol. The normalized spacial score (nSPS) is 21.0. The molecule has 0 amide bonds. The third kappa shape index (κ3) is 4.69. The van der Waals surface area contributed by atoms with E-state index in [9.17, 15) is 0 Å². The highest BCUT2D eigenvalue weighted by Gasteiger charge is 2.27. The smallest absolute Gasteiger partial charge is 0.241 e. The van der Waals surface area contributed by atoms with Gasteiger partial charge in [0, 0.05) is 55.9 Å². The Kier molecular flexibility index (Phi) is 6.08. The number of piperazine rings is 1. The van der Waals surface area contributed by atoms with Crippen LogP contribution in [-0.2, 0) is 6.54 Å². The molecule has 3 heterocycles. The SMILES string of the molecule is CCN1CCN(C2CCN(Cc3nc(-c4ccc(Cl)cc4)no3)CC2)CC1. The van der Waals surface area contributed by atoms with Crippen molar-refractivity contribution in [3.05, 3.63) is 35.2 Å². The molecule has 0 atom stereocenters. The van der Waals surface area contributed by atoms with Gasteiger partial charge in [0.25, 0.3) is 0 Å².